The number of nitrogens with one attached hydrogen (secondary N) is 1. The lowest BCUT2D eigenvalue weighted by atomic mass is 10.2. The zero-order valence-corrected chi connectivity index (χ0v) is 9.83. The van der Waals surface area contributed by atoms with Gasteiger partial charge in [0.2, 0.25) is 5.82 Å². The minimum Gasteiger partial charge on any atom is -0.396 e. The smallest absolute Gasteiger partial charge is 0.327 e. The predicted octanol–water partition coefficient (Wildman–Crippen LogP) is 2.29. The summed E-state index contributed by atoms with van der Waals surface area (Å²) >= 11 is 3.05. The maximum absolute atomic E-state index is 13.3. The third-order valence-corrected chi connectivity index (χ3v) is 2.32. The number of hydrogen-bond acceptors (Lipinski definition) is 4. The van der Waals surface area contributed by atoms with Gasteiger partial charge in [0.25, 0.3) is 0 Å². The second-order valence-electron chi connectivity index (χ2n) is 3.04. The van der Waals surface area contributed by atoms with Gasteiger partial charge >= 0.3 is 5.69 Å². The molecule has 0 saturated heterocycles. The molecular weight excluding hydrogens is 283 g/mol. The predicted molar refractivity (Wildman–Crippen MR) is 60.9 cm³/mol. The van der Waals surface area contributed by atoms with E-state index in [1.165, 1.54) is 6.07 Å². The summed E-state index contributed by atoms with van der Waals surface area (Å²) in [6.45, 7) is 0.310. The van der Waals surface area contributed by atoms with Gasteiger partial charge in [0.1, 0.15) is 5.69 Å². The highest BCUT2D eigenvalue weighted by molar-refractivity contribution is 9.10. The first-order chi connectivity index (χ1) is 7.56. The minimum atomic E-state index is -0.897. The molecule has 7 heteroatoms. The average molecular weight is 293 g/mol. The first-order valence-corrected chi connectivity index (χ1v) is 5.33. The van der Waals surface area contributed by atoms with E-state index in [0.29, 0.717) is 17.4 Å². The van der Waals surface area contributed by atoms with Gasteiger partial charge in [-0.3, -0.25) is 10.1 Å². The molecule has 0 aliphatic rings. The molecule has 88 valence electrons. The van der Waals surface area contributed by atoms with Crippen LogP contribution < -0.4 is 5.32 Å². The summed E-state index contributed by atoms with van der Waals surface area (Å²) in [5.41, 5.74) is -0.480. The first kappa shape index (κ1) is 12.9. The molecule has 1 rings (SSSR count). The van der Waals surface area contributed by atoms with Gasteiger partial charge in [0, 0.05) is 17.6 Å². The van der Waals surface area contributed by atoms with Crippen LogP contribution in [0.5, 0.6) is 0 Å². The van der Waals surface area contributed by atoms with E-state index in [0.717, 1.165) is 6.07 Å². The van der Waals surface area contributed by atoms with Gasteiger partial charge in [0.05, 0.1) is 4.92 Å². The van der Waals surface area contributed by atoms with Crippen molar-refractivity contribution in [1.29, 1.82) is 0 Å². The van der Waals surface area contributed by atoms with E-state index in [2.05, 4.69) is 21.2 Å². The molecule has 0 aliphatic heterocycles. The van der Waals surface area contributed by atoms with Gasteiger partial charge in [-0.2, -0.15) is 4.39 Å². The van der Waals surface area contributed by atoms with E-state index < -0.39 is 16.4 Å². The number of nitro groups is 1. The van der Waals surface area contributed by atoms with Crippen molar-refractivity contribution in [2.24, 2.45) is 0 Å². The Bertz CT molecular complexity index is 401. The second-order valence-corrected chi connectivity index (χ2v) is 3.96. The summed E-state index contributed by atoms with van der Waals surface area (Å²) in [7, 11) is 0. The van der Waals surface area contributed by atoms with E-state index in [4.69, 9.17) is 5.11 Å². The number of aliphatic hydroxyl groups is 1. The molecular formula is C9H10BrFN2O3. The van der Waals surface area contributed by atoms with Crippen molar-refractivity contribution in [3.63, 3.8) is 0 Å². The van der Waals surface area contributed by atoms with Crippen molar-refractivity contribution in [3.05, 3.63) is 32.5 Å². The van der Waals surface area contributed by atoms with Crippen molar-refractivity contribution in [2.75, 3.05) is 18.5 Å². The summed E-state index contributed by atoms with van der Waals surface area (Å²) in [4.78, 5) is 9.87. The third-order valence-electron chi connectivity index (χ3n) is 1.86. The van der Waals surface area contributed by atoms with E-state index in [-0.39, 0.29) is 12.3 Å². The SMILES string of the molecule is O=[N+]([O-])c1c(F)cc(Br)cc1NCCCO. The Morgan fingerprint density at radius 2 is 2.25 bits per heavy atom. The summed E-state index contributed by atoms with van der Waals surface area (Å²) in [6, 6.07) is 2.47. The zero-order chi connectivity index (χ0) is 12.1. The number of anilines is 1. The molecule has 0 aromatic heterocycles. The van der Waals surface area contributed by atoms with Crippen LogP contribution >= 0.6 is 15.9 Å². The van der Waals surface area contributed by atoms with Gasteiger partial charge in [-0.1, -0.05) is 15.9 Å². The van der Waals surface area contributed by atoms with Crippen LogP contribution in [0, 0.1) is 15.9 Å². The monoisotopic (exact) mass is 292 g/mol. The quantitative estimate of drug-likeness (QED) is 0.496. The van der Waals surface area contributed by atoms with Crippen LogP contribution in [-0.4, -0.2) is 23.2 Å². The van der Waals surface area contributed by atoms with E-state index in [9.17, 15) is 14.5 Å². The second kappa shape index (κ2) is 5.76. The van der Waals surface area contributed by atoms with Crippen LogP contribution in [0.25, 0.3) is 0 Å². The van der Waals surface area contributed by atoms with Crippen LogP contribution in [0.3, 0.4) is 0 Å². The van der Waals surface area contributed by atoms with Crippen LogP contribution in [0.4, 0.5) is 15.8 Å². The van der Waals surface area contributed by atoms with Gasteiger partial charge in [0.15, 0.2) is 0 Å². The Hall–Kier alpha value is -1.21. The van der Waals surface area contributed by atoms with Crippen LogP contribution in [-0.2, 0) is 0 Å². The van der Waals surface area contributed by atoms with Crippen molar-refractivity contribution in [2.45, 2.75) is 6.42 Å². The van der Waals surface area contributed by atoms with Crippen molar-refractivity contribution >= 4 is 27.3 Å². The molecule has 1 aromatic rings. The number of halogens is 2. The Morgan fingerprint density at radius 1 is 1.56 bits per heavy atom. The van der Waals surface area contributed by atoms with Crippen molar-refractivity contribution < 1.29 is 14.4 Å². The van der Waals surface area contributed by atoms with Gasteiger partial charge in [-0.05, 0) is 18.6 Å². The molecule has 0 aliphatic carbocycles. The fourth-order valence-corrected chi connectivity index (χ4v) is 1.62. The summed E-state index contributed by atoms with van der Waals surface area (Å²) in [5.74, 6) is -0.897. The Balaban J connectivity index is 2.99. The van der Waals surface area contributed by atoms with Crippen molar-refractivity contribution in [1.82, 2.24) is 0 Å². The molecule has 0 unspecified atom stereocenters. The fourth-order valence-electron chi connectivity index (χ4n) is 1.19. The maximum atomic E-state index is 13.3. The molecule has 0 atom stereocenters. The third kappa shape index (κ3) is 3.14. The van der Waals surface area contributed by atoms with E-state index >= 15 is 0 Å². The lowest BCUT2D eigenvalue weighted by Crippen LogP contribution is -2.07. The average Bonchev–Trinajstić information content (AvgIpc) is 2.16. The highest BCUT2D eigenvalue weighted by Gasteiger charge is 2.20. The number of hydrogen-bond donors (Lipinski definition) is 2. The minimum absolute atomic E-state index is 0.0305. The van der Waals surface area contributed by atoms with Crippen LogP contribution in [0.2, 0.25) is 0 Å². The summed E-state index contributed by atoms with van der Waals surface area (Å²) in [6.07, 6.45) is 0.436. The molecule has 0 amide bonds. The molecule has 0 saturated carbocycles. The highest BCUT2D eigenvalue weighted by Crippen LogP contribution is 2.31. The number of rotatable bonds is 5. The standard InChI is InChI=1S/C9H10BrFN2O3/c10-6-4-7(11)9(13(15)16)8(5-6)12-2-1-3-14/h4-5,12,14H,1-3H2. The Kier molecular flexibility index (Phi) is 4.63. The lowest BCUT2D eigenvalue weighted by Gasteiger charge is -2.07. The number of nitrogens with zero attached hydrogens (tertiary/aromatic N) is 1. The zero-order valence-electron chi connectivity index (χ0n) is 8.24. The molecule has 2 N–H and O–H groups in total. The largest absolute Gasteiger partial charge is 0.396 e. The number of benzene rings is 1. The van der Waals surface area contributed by atoms with Gasteiger partial charge in [-0.25, -0.2) is 0 Å². The molecule has 0 heterocycles. The summed E-state index contributed by atoms with van der Waals surface area (Å²) in [5, 5.41) is 21.9. The molecule has 0 fully saturated rings. The molecule has 0 bridgehead atoms. The van der Waals surface area contributed by atoms with E-state index in [1.807, 2.05) is 0 Å². The van der Waals surface area contributed by atoms with Crippen LogP contribution in [0.1, 0.15) is 6.42 Å². The Labute approximate surface area is 99.6 Å². The molecule has 16 heavy (non-hydrogen) atoms. The normalized spacial score (nSPS) is 10.2. The lowest BCUT2D eigenvalue weighted by molar-refractivity contribution is -0.386. The maximum Gasteiger partial charge on any atom is 0.327 e. The first-order valence-electron chi connectivity index (χ1n) is 4.54. The number of aliphatic hydroxyl groups excluding tert-OH is 1. The highest BCUT2D eigenvalue weighted by atomic mass is 79.9. The van der Waals surface area contributed by atoms with Gasteiger partial charge in [-0.15, -0.1) is 0 Å². The van der Waals surface area contributed by atoms with Gasteiger partial charge < -0.3 is 10.4 Å². The molecule has 0 spiro atoms. The molecule has 5 nitrogen and oxygen atoms in total. The fraction of sp³-hybridized carbons (Fsp3) is 0.333. The molecule has 1 aromatic carbocycles. The van der Waals surface area contributed by atoms with Crippen LogP contribution in [0.15, 0.2) is 16.6 Å². The molecule has 0 radical (unpaired) electrons. The summed E-state index contributed by atoms with van der Waals surface area (Å²) < 4.78 is 13.7. The topological polar surface area (TPSA) is 75.4 Å². The number of nitro benzene ring substituents is 1. The van der Waals surface area contributed by atoms with Crippen molar-refractivity contribution in [3.8, 4) is 0 Å². The van der Waals surface area contributed by atoms with E-state index in [1.54, 1.807) is 0 Å². The Morgan fingerprint density at radius 3 is 2.81 bits per heavy atom.